The third-order valence-corrected chi connectivity index (χ3v) is 2.90. The molecule has 1 N–H and O–H groups in total. The maximum absolute atomic E-state index is 13.2. The summed E-state index contributed by atoms with van der Waals surface area (Å²) in [7, 11) is 0. The summed E-state index contributed by atoms with van der Waals surface area (Å²) in [6.07, 6.45) is 1.67. The Hall–Kier alpha value is -2.13. The molecule has 0 aliphatic carbocycles. The van der Waals surface area contributed by atoms with Crippen LogP contribution in [0.15, 0.2) is 18.2 Å². The number of hydrogen-bond donors (Lipinski definition) is 1. The zero-order valence-electron chi connectivity index (χ0n) is 10.9. The predicted octanol–water partition coefficient (Wildman–Crippen LogP) is 2.24. The predicted molar refractivity (Wildman–Crippen MR) is 69.7 cm³/mol. The fourth-order valence-corrected chi connectivity index (χ4v) is 1.95. The third-order valence-electron chi connectivity index (χ3n) is 2.90. The van der Waals surface area contributed by atoms with Crippen molar-refractivity contribution in [2.45, 2.75) is 25.4 Å². The van der Waals surface area contributed by atoms with E-state index in [-0.39, 0.29) is 18.2 Å². The van der Waals surface area contributed by atoms with Gasteiger partial charge in [0.05, 0.1) is 17.9 Å². The molecule has 1 aliphatic rings. The van der Waals surface area contributed by atoms with Gasteiger partial charge < -0.3 is 14.8 Å². The first-order valence-corrected chi connectivity index (χ1v) is 6.40. The highest BCUT2D eigenvalue weighted by molar-refractivity contribution is 5.93. The number of benzene rings is 1. The van der Waals surface area contributed by atoms with Gasteiger partial charge in [-0.25, -0.2) is 4.39 Å². The lowest BCUT2D eigenvalue weighted by Gasteiger charge is -2.15. The molecule has 0 spiro atoms. The summed E-state index contributed by atoms with van der Waals surface area (Å²) < 4.78 is 24.2. The molecule has 1 heterocycles. The van der Waals surface area contributed by atoms with Gasteiger partial charge in [-0.05, 0) is 25.0 Å². The maximum Gasteiger partial charge on any atom is 0.238 e. The SMILES string of the molecule is N#CCC(=O)Nc1cc(F)ccc1OCC1CCCO1. The van der Waals surface area contributed by atoms with Crippen molar-refractivity contribution in [2.75, 3.05) is 18.5 Å². The fourth-order valence-electron chi connectivity index (χ4n) is 1.95. The fraction of sp³-hybridized carbons (Fsp3) is 0.429. The van der Waals surface area contributed by atoms with Gasteiger partial charge in [0, 0.05) is 12.7 Å². The van der Waals surface area contributed by atoms with Gasteiger partial charge in [-0.3, -0.25) is 4.79 Å². The van der Waals surface area contributed by atoms with Crippen molar-refractivity contribution in [3.8, 4) is 11.8 Å². The number of nitrogens with zero attached hydrogens (tertiary/aromatic N) is 1. The van der Waals surface area contributed by atoms with Crippen molar-refractivity contribution >= 4 is 11.6 Å². The number of amides is 1. The summed E-state index contributed by atoms with van der Waals surface area (Å²) in [5.41, 5.74) is 0.225. The molecule has 1 atom stereocenters. The van der Waals surface area contributed by atoms with E-state index in [2.05, 4.69) is 5.32 Å². The number of halogens is 1. The van der Waals surface area contributed by atoms with Crippen LogP contribution in [-0.2, 0) is 9.53 Å². The van der Waals surface area contributed by atoms with Crippen LogP contribution in [0.4, 0.5) is 10.1 Å². The van der Waals surface area contributed by atoms with Crippen LogP contribution in [0.2, 0.25) is 0 Å². The van der Waals surface area contributed by atoms with Crippen molar-refractivity contribution < 1.29 is 18.7 Å². The number of carbonyl (C=O) groups is 1. The van der Waals surface area contributed by atoms with Crippen LogP contribution >= 0.6 is 0 Å². The molecule has 1 aliphatic heterocycles. The Morgan fingerprint density at radius 2 is 2.45 bits per heavy atom. The Bertz CT molecular complexity index is 522. The van der Waals surface area contributed by atoms with Gasteiger partial charge in [0.1, 0.15) is 24.6 Å². The number of nitriles is 1. The van der Waals surface area contributed by atoms with Crippen molar-refractivity contribution in [2.24, 2.45) is 0 Å². The second-order valence-corrected chi connectivity index (χ2v) is 4.47. The van der Waals surface area contributed by atoms with E-state index in [1.165, 1.54) is 18.2 Å². The minimum atomic E-state index is -0.500. The van der Waals surface area contributed by atoms with Crippen molar-refractivity contribution in [3.63, 3.8) is 0 Å². The Morgan fingerprint density at radius 1 is 1.60 bits per heavy atom. The maximum atomic E-state index is 13.2. The smallest absolute Gasteiger partial charge is 0.238 e. The number of anilines is 1. The van der Waals surface area contributed by atoms with Gasteiger partial charge in [-0.1, -0.05) is 0 Å². The minimum Gasteiger partial charge on any atom is -0.489 e. The standard InChI is InChI=1S/C14H15FN2O3/c15-10-3-4-13(20-9-11-2-1-7-19-11)12(8-10)17-14(18)5-6-16/h3-4,8,11H,1-2,5,7,9H2,(H,17,18). The van der Waals surface area contributed by atoms with E-state index in [9.17, 15) is 9.18 Å². The van der Waals surface area contributed by atoms with Crippen LogP contribution in [0.3, 0.4) is 0 Å². The monoisotopic (exact) mass is 278 g/mol. The van der Waals surface area contributed by atoms with E-state index in [0.29, 0.717) is 12.4 Å². The average Bonchev–Trinajstić information content (AvgIpc) is 2.91. The quantitative estimate of drug-likeness (QED) is 0.896. The number of rotatable bonds is 5. The summed E-state index contributed by atoms with van der Waals surface area (Å²) in [6.45, 7) is 1.08. The molecule has 1 aromatic rings. The molecule has 0 saturated carbocycles. The summed E-state index contributed by atoms with van der Waals surface area (Å²) in [4.78, 5) is 11.4. The lowest BCUT2D eigenvalue weighted by atomic mass is 10.2. The number of carbonyl (C=O) groups excluding carboxylic acids is 1. The lowest BCUT2D eigenvalue weighted by Crippen LogP contribution is -2.18. The van der Waals surface area contributed by atoms with Crippen molar-refractivity contribution in [1.82, 2.24) is 0 Å². The first-order valence-electron chi connectivity index (χ1n) is 6.40. The molecule has 0 aromatic heterocycles. The molecular weight excluding hydrogens is 263 g/mol. The highest BCUT2D eigenvalue weighted by atomic mass is 19.1. The van der Waals surface area contributed by atoms with Gasteiger partial charge in [-0.15, -0.1) is 0 Å². The van der Waals surface area contributed by atoms with Gasteiger partial charge in [0.15, 0.2) is 0 Å². The lowest BCUT2D eigenvalue weighted by molar-refractivity contribution is -0.115. The van der Waals surface area contributed by atoms with Crippen molar-refractivity contribution in [1.29, 1.82) is 5.26 Å². The van der Waals surface area contributed by atoms with Gasteiger partial charge in [0.25, 0.3) is 0 Å². The molecule has 20 heavy (non-hydrogen) atoms. The largest absolute Gasteiger partial charge is 0.489 e. The molecule has 0 bridgehead atoms. The normalized spacial score (nSPS) is 17.5. The van der Waals surface area contributed by atoms with Gasteiger partial charge >= 0.3 is 0 Å². The zero-order chi connectivity index (χ0) is 14.4. The van der Waals surface area contributed by atoms with E-state index in [0.717, 1.165) is 19.4 Å². The summed E-state index contributed by atoms with van der Waals surface area (Å²) in [6, 6.07) is 5.60. The second-order valence-electron chi connectivity index (χ2n) is 4.47. The van der Waals surface area contributed by atoms with E-state index in [1.54, 1.807) is 6.07 Å². The number of nitrogens with one attached hydrogen (secondary N) is 1. The molecule has 1 amide bonds. The first-order chi connectivity index (χ1) is 9.69. The van der Waals surface area contributed by atoms with Crippen LogP contribution < -0.4 is 10.1 Å². The molecule has 5 nitrogen and oxygen atoms in total. The second kappa shape index (κ2) is 6.87. The molecular formula is C14H15FN2O3. The third kappa shape index (κ3) is 3.93. The first kappa shape index (κ1) is 14.3. The summed E-state index contributed by atoms with van der Waals surface area (Å²) >= 11 is 0. The van der Waals surface area contributed by atoms with Gasteiger partial charge in [0.2, 0.25) is 5.91 Å². The van der Waals surface area contributed by atoms with Crippen LogP contribution in [0.25, 0.3) is 0 Å². The summed E-state index contributed by atoms with van der Waals surface area (Å²) in [5, 5.41) is 10.9. The van der Waals surface area contributed by atoms with Crippen LogP contribution in [-0.4, -0.2) is 25.2 Å². The topological polar surface area (TPSA) is 71.4 Å². The molecule has 2 rings (SSSR count). The van der Waals surface area contributed by atoms with Crippen molar-refractivity contribution in [3.05, 3.63) is 24.0 Å². The van der Waals surface area contributed by atoms with E-state index < -0.39 is 11.7 Å². The Labute approximate surface area is 116 Å². The van der Waals surface area contributed by atoms with Crippen LogP contribution in [0.5, 0.6) is 5.75 Å². The number of ether oxygens (including phenoxy) is 2. The molecule has 1 saturated heterocycles. The minimum absolute atomic E-state index is 0.0303. The molecule has 6 heteroatoms. The Balaban J connectivity index is 2.02. The molecule has 1 unspecified atom stereocenters. The number of hydrogen-bond acceptors (Lipinski definition) is 4. The average molecular weight is 278 g/mol. The summed E-state index contributed by atoms with van der Waals surface area (Å²) in [5.74, 6) is -0.616. The van der Waals surface area contributed by atoms with Crippen LogP contribution in [0.1, 0.15) is 19.3 Å². The van der Waals surface area contributed by atoms with E-state index in [4.69, 9.17) is 14.7 Å². The van der Waals surface area contributed by atoms with E-state index >= 15 is 0 Å². The highest BCUT2D eigenvalue weighted by Gasteiger charge is 2.17. The molecule has 0 radical (unpaired) electrons. The molecule has 1 aromatic carbocycles. The molecule has 106 valence electrons. The zero-order valence-corrected chi connectivity index (χ0v) is 10.9. The Kier molecular flexibility index (Phi) is 4.91. The van der Waals surface area contributed by atoms with Gasteiger partial charge in [-0.2, -0.15) is 5.26 Å². The molecule has 1 fully saturated rings. The highest BCUT2D eigenvalue weighted by Crippen LogP contribution is 2.26. The Morgan fingerprint density at radius 3 is 3.15 bits per heavy atom. The van der Waals surface area contributed by atoms with Crippen LogP contribution in [0, 0.1) is 17.1 Å². The van der Waals surface area contributed by atoms with E-state index in [1.807, 2.05) is 0 Å².